The van der Waals surface area contributed by atoms with Crippen molar-refractivity contribution in [2.45, 2.75) is 6.61 Å². The summed E-state index contributed by atoms with van der Waals surface area (Å²) < 4.78 is 44.9. The van der Waals surface area contributed by atoms with E-state index >= 15 is 0 Å². The summed E-state index contributed by atoms with van der Waals surface area (Å²) in [6.45, 7) is -2.98. The molecule has 0 aliphatic heterocycles. The lowest BCUT2D eigenvalue weighted by Crippen LogP contribution is -2.03. The zero-order chi connectivity index (χ0) is 20.1. The van der Waals surface area contributed by atoms with Crippen LogP contribution < -0.4 is 14.2 Å². The van der Waals surface area contributed by atoms with Crippen LogP contribution in [0.25, 0.3) is 22.5 Å². The summed E-state index contributed by atoms with van der Waals surface area (Å²) in [5, 5.41) is 4.03. The largest absolute Gasteiger partial charge is 0.497 e. The first-order valence-corrected chi connectivity index (χ1v) is 8.36. The molecule has 0 amide bonds. The van der Waals surface area contributed by atoms with Gasteiger partial charge in [-0.15, -0.1) is 0 Å². The van der Waals surface area contributed by atoms with Crippen LogP contribution in [0, 0.1) is 0 Å². The Morgan fingerprint density at radius 2 is 1.93 bits per heavy atom. The summed E-state index contributed by atoms with van der Waals surface area (Å²) >= 11 is 6.25. The normalized spacial score (nSPS) is 11.6. The van der Waals surface area contributed by atoms with Gasteiger partial charge >= 0.3 is 6.61 Å². The van der Waals surface area contributed by atoms with Crippen LogP contribution in [0.15, 0.2) is 47.0 Å². The molecule has 3 rings (SSSR count). The summed E-state index contributed by atoms with van der Waals surface area (Å²) in [5.74, 6) is 1.11. The maximum Gasteiger partial charge on any atom is 0.387 e. The number of ether oxygens (including phenoxy) is 3. The summed E-state index contributed by atoms with van der Waals surface area (Å²) in [6.07, 6.45) is 1.49. The van der Waals surface area contributed by atoms with Crippen LogP contribution in [0.4, 0.5) is 8.78 Å². The van der Waals surface area contributed by atoms with Crippen molar-refractivity contribution in [1.29, 1.82) is 0 Å². The van der Waals surface area contributed by atoms with Crippen molar-refractivity contribution in [2.24, 2.45) is 0 Å². The number of rotatable bonds is 7. The monoisotopic (exact) mass is 408 g/mol. The van der Waals surface area contributed by atoms with Crippen molar-refractivity contribution in [3.63, 3.8) is 0 Å². The van der Waals surface area contributed by atoms with Gasteiger partial charge in [0.2, 0.25) is 5.82 Å². The first-order valence-electron chi connectivity index (χ1n) is 7.98. The van der Waals surface area contributed by atoms with Crippen LogP contribution in [0.2, 0.25) is 0 Å². The molecule has 146 valence electrons. The average molecular weight is 409 g/mol. The highest BCUT2D eigenvalue weighted by atomic mass is 35.5. The molecule has 28 heavy (non-hydrogen) atoms. The topological polar surface area (TPSA) is 66.6 Å². The number of halogens is 3. The van der Waals surface area contributed by atoms with Crippen LogP contribution in [-0.2, 0) is 0 Å². The van der Waals surface area contributed by atoms with Crippen molar-refractivity contribution in [2.75, 3.05) is 14.2 Å². The Morgan fingerprint density at radius 1 is 1.11 bits per heavy atom. The van der Waals surface area contributed by atoms with E-state index in [1.54, 1.807) is 37.4 Å². The van der Waals surface area contributed by atoms with E-state index in [0.717, 1.165) is 0 Å². The highest BCUT2D eigenvalue weighted by molar-refractivity contribution is 6.50. The standard InChI is InChI=1S/C19H15ClF2N2O4/c1-25-13-5-3-4-12(10-13)17-23-18(28-24-17)14(20)8-11-6-7-15(26-2)16(9-11)27-19(21)22/h3-10,19H,1-2H3/b14-8-. The second-order valence-corrected chi connectivity index (χ2v) is 5.84. The number of hydrogen-bond acceptors (Lipinski definition) is 6. The predicted octanol–water partition coefficient (Wildman–Crippen LogP) is 5.09. The van der Waals surface area contributed by atoms with E-state index < -0.39 is 6.61 Å². The Balaban J connectivity index is 1.87. The Labute approximate surface area is 164 Å². The van der Waals surface area contributed by atoms with Gasteiger partial charge < -0.3 is 18.7 Å². The number of aromatic nitrogens is 2. The molecule has 0 radical (unpaired) electrons. The maximum absolute atomic E-state index is 12.6. The third kappa shape index (κ3) is 4.58. The lowest BCUT2D eigenvalue weighted by atomic mass is 10.2. The average Bonchev–Trinajstić information content (AvgIpc) is 3.18. The Hall–Kier alpha value is -3.13. The fraction of sp³-hybridized carbons (Fsp3) is 0.158. The number of alkyl halides is 2. The fourth-order valence-electron chi connectivity index (χ4n) is 2.38. The lowest BCUT2D eigenvalue weighted by molar-refractivity contribution is -0.0512. The molecule has 0 N–H and O–H groups in total. The zero-order valence-corrected chi connectivity index (χ0v) is 15.6. The van der Waals surface area contributed by atoms with Crippen molar-refractivity contribution in [3.05, 3.63) is 53.9 Å². The van der Waals surface area contributed by atoms with Crippen molar-refractivity contribution in [3.8, 4) is 28.6 Å². The van der Waals surface area contributed by atoms with Crippen LogP contribution in [0.5, 0.6) is 17.2 Å². The van der Waals surface area contributed by atoms with Gasteiger partial charge in [0, 0.05) is 5.56 Å². The highest BCUT2D eigenvalue weighted by Gasteiger charge is 2.14. The van der Waals surface area contributed by atoms with Crippen LogP contribution in [-0.4, -0.2) is 31.0 Å². The number of benzene rings is 2. The van der Waals surface area contributed by atoms with E-state index in [-0.39, 0.29) is 22.4 Å². The van der Waals surface area contributed by atoms with E-state index in [4.69, 9.17) is 25.6 Å². The third-order valence-corrected chi connectivity index (χ3v) is 3.93. The molecule has 0 fully saturated rings. The minimum atomic E-state index is -2.98. The summed E-state index contributed by atoms with van der Waals surface area (Å²) in [5.41, 5.74) is 1.18. The van der Waals surface area contributed by atoms with Crippen LogP contribution >= 0.6 is 11.6 Å². The molecule has 1 heterocycles. The molecule has 0 saturated carbocycles. The molecule has 0 aliphatic rings. The molecule has 0 saturated heterocycles. The molecule has 1 aromatic heterocycles. The van der Waals surface area contributed by atoms with Gasteiger partial charge in [-0.3, -0.25) is 0 Å². The smallest absolute Gasteiger partial charge is 0.387 e. The van der Waals surface area contributed by atoms with Gasteiger partial charge in [-0.25, -0.2) is 0 Å². The molecule has 2 aromatic carbocycles. The third-order valence-electron chi connectivity index (χ3n) is 3.66. The molecule has 0 aliphatic carbocycles. The molecule has 6 nitrogen and oxygen atoms in total. The molecular formula is C19H15ClF2N2O4. The van der Waals surface area contributed by atoms with E-state index in [9.17, 15) is 8.78 Å². The van der Waals surface area contributed by atoms with Gasteiger partial charge in [-0.05, 0) is 35.9 Å². The summed E-state index contributed by atoms with van der Waals surface area (Å²) in [7, 11) is 2.91. The fourth-order valence-corrected chi connectivity index (χ4v) is 2.58. The van der Waals surface area contributed by atoms with Crippen molar-refractivity contribution < 1.29 is 27.5 Å². The summed E-state index contributed by atoms with van der Waals surface area (Å²) in [6, 6.07) is 11.6. The van der Waals surface area contributed by atoms with Gasteiger partial charge in [-0.2, -0.15) is 13.8 Å². The van der Waals surface area contributed by atoms with Gasteiger partial charge in [0.05, 0.1) is 14.2 Å². The molecular weight excluding hydrogens is 394 g/mol. The number of nitrogens with zero attached hydrogens (tertiary/aromatic N) is 2. The molecule has 9 heteroatoms. The van der Waals surface area contributed by atoms with Crippen molar-refractivity contribution >= 4 is 22.7 Å². The minimum Gasteiger partial charge on any atom is -0.497 e. The van der Waals surface area contributed by atoms with E-state index in [1.807, 2.05) is 0 Å². The zero-order valence-electron chi connectivity index (χ0n) is 14.9. The van der Waals surface area contributed by atoms with E-state index in [2.05, 4.69) is 14.9 Å². The molecule has 3 aromatic rings. The molecule has 0 atom stereocenters. The van der Waals surface area contributed by atoms with Gasteiger partial charge in [0.25, 0.3) is 5.89 Å². The maximum atomic E-state index is 12.6. The lowest BCUT2D eigenvalue weighted by Gasteiger charge is -2.10. The van der Waals surface area contributed by atoms with Crippen molar-refractivity contribution in [1.82, 2.24) is 10.1 Å². The van der Waals surface area contributed by atoms with Gasteiger partial charge in [0.15, 0.2) is 11.5 Å². The predicted molar refractivity (Wildman–Crippen MR) is 99.6 cm³/mol. The Morgan fingerprint density at radius 3 is 2.64 bits per heavy atom. The molecule has 0 unspecified atom stereocenters. The second-order valence-electron chi connectivity index (χ2n) is 5.44. The molecule has 0 bridgehead atoms. The first-order chi connectivity index (χ1) is 13.5. The van der Waals surface area contributed by atoms with Crippen LogP contribution in [0.3, 0.4) is 0 Å². The highest BCUT2D eigenvalue weighted by Crippen LogP contribution is 2.32. The molecule has 0 spiro atoms. The minimum absolute atomic E-state index is 0.0756. The Kier molecular flexibility index (Phi) is 6.10. The first kappa shape index (κ1) is 19.6. The van der Waals surface area contributed by atoms with Gasteiger partial charge in [0.1, 0.15) is 10.8 Å². The van der Waals surface area contributed by atoms with E-state index in [1.165, 1.54) is 25.3 Å². The van der Waals surface area contributed by atoms with Crippen LogP contribution in [0.1, 0.15) is 11.5 Å². The SMILES string of the molecule is COc1cccc(-c2noc(/C(Cl)=C/c3ccc(OC)c(OC(F)F)c3)n2)c1. The van der Waals surface area contributed by atoms with E-state index in [0.29, 0.717) is 22.7 Å². The Bertz CT molecular complexity index is 992. The number of methoxy groups -OCH3 is 2. The second kappa shape index (κ2) is 8.71. The quantitative estimate of drug-likeness (QED) is 0.542. The van der Waals surface area contributed by atoms with Gasteiger partial charge in [-0.1, -0.05) is 35.0 Å². The summed E-state index contributed by atoms with van der Waals surface area (Å²) in [4.78, 5) is 4.25. The number of hydrogen-bond donors (Lipinski definition) is 0.